The van der Waals surface area contributed by atoms with Crippen LogP contribution in [0.3, 0.4) is 0 Å². The van der Waals surface area contributed by atoms with Crippen molar-refractivity contribution < 1.29 is 34.9 Å². The molecule has 0 bridgehead atoms. The maximum absolute atomic E-state index is 12.6. The molecule has 0 unspecified atom stereocenters. The van der Waals surface area contributed by atoms with E-state index in [2.05, 4.69) is 6.92 Å². The molecule has 1 saturated heterocycles. The van der Waals surface area contributed by atoms with Gasteiger partial charge in [0.1, 0.15) is 18.2 Å². The van der Waals surface area contributed by atoms with Crippen molar-refractivity contribution in [3.8, 4) is 5.75 Å². The van der Waals surface area contributed by atoms with Gasteiger partial charge in [0, 0.05) is 21.1 Å². The predicted octanol–water partition coefficient (Wildman–Crippen LogP) is 2.58. The van der Waals surface area contributed by atoms with Gasteiger partial charge < -0.3 is 16.4 Å². The molecule has 2 rings (SSSR count). The van der Waals surface area contributed by atoms with E-state index in [1.54, 1.807) is 12.1 Å². The smallest absolute Gasteiger partial charge is 0.123 e. The van der Waals surface area contributed by atoms with Gasteiger partial charge in [-0.15, -0.1) is 0 Å². The van der Waals surface area contributed by atoms with Crippen molar-refractivity contribution in [1.29, 1.82) is 0 Å². The van der Waals surface area contributed by atoms with Gasteiger partial charge in [-0.2, -0.15) is 0 Å². The number of benzene rings is 1. The number of rotatable bonds is 3. The van der Waals surface area contributed by atoms with Crippen LogP contribution in [0.4, 0.5) is 4.39 Å². The van der Waals surface area contributed by atoms with Crippen molar-refractivity contribution >= 4 is 0 Å². The van der Waals surface area contributed by atoms with Crippen molar-refractivity contribution in [2.75, 3.05) is 6.61 Å². The first-order valence-corrected chi connectivity index (χ1v) is 5.11. The Morgan fingerprint density at radius 2 is 2.00 bits per heavy atom. The second-order valence-corrected chi connectivity index (χ2v) is 3.72. The second-order valence-electron chi connectivity index (χ2n) is 3.72. The van der Waals surface area contributed by atoms with E-state index in [4.69, 9.17) is 9.47 Å². The third-order valence-corrected chi connectivity index (χ3v) is 2.45. The number of hydrogen-bond donors (Lipinski definition) is 0. The van der Waals surface area contributed by atoms with E-state index >= 15 is 0 Å². The van der Waals surface area contributed by atoms with Gasteiger partial charge in [0.05, 0.1) is 6.10 Å². The van der Waals surface area contributed by atoms with Crippen LogP contribution in [0.25, 0.3) is 0 Å². The van der Waals surface area contributed by atoms with Gasteiger partial charge in [-0.05, 0) is 30.7 Å². The molecule has 4 heteroatoms. The number of hydrogen-bond acceptors (Lipinski definition) is 2. The van der Waals surface area contributed by atoms with Crippen LogP contribution >= 0.6 is 0 Å². The van der Waals surface area contributed by atoms with Crippen LogP contribution in [0.15, 0.2) is 24.3 Å². The van der Waals surface area contributed by atoms with Crippen LogP contribution in [-0.2, 0) is 25.8 Å². The van der Waals surface area contributed by atoms with E-state index in [0.29, 0.717) is 12.4 Å². The van der Waals surface area contributed by atoms with Crippen molar-refractivity contribution in [3.05, 3.63) is 37.0 Å². The van der Waals surface area contributed by atoms with Crippen LogP contribution in [0.2, 0.25) is 0 Å². The molecule has 1 aliphatic heterocycles. The van der Waals surface area contributed by atoms with E-state index in [1.165, 1.54) is 12.1 Å². The molecule has 0 spiro atoms. The van der Waals surface area contributed by atoms with Gasteiger partial charge in [-0.1, -0.05) is 12.5 Å². The summed E-state index contributed by atoms with van der Waals surface area (Å²) < 4.78 is 23.6. The molecule has 16 heavy (non-hydrogen) atoms. The summed E-state index contributed by atoms with van der Waals surface area (Å²) in [6.45, 7) is 4.34. The molecule has 0 N–H and O–H groups in total. The minimum Gasteiger partial charge on any atom is -0.491 e. The standard InChI is InChI=1S/C12H14FO2.W/c1-9-2-5-12(15-9)8-14-11-6-3-10(13)4-7-11;/h3-4,6-7,9,12H,1-2,5,8H2;/q-1;/t9-,12+;/m0./s1. The molecule has 1 heterocycles. The van der Waals surface area contributed by atoms with E-state index < -0.39 is 0 Å². The van der Waals surface area contributed by atoms with Crippen LogP contribution in [0.1, 0.15) is 12.8 Å². The van der Waals surface area contributed by atoms with Crippen molar-refractivity contribution in [1.82, 2.24) is 0 Å². The molecule has 1 aliphatic rings. The van der Waals surface area contributed by atoms with Gasteiger partial charge in [0.2, 0.25) is 0 Å². The van der Waals surface area contributed by atoms with E-state index in [0.717, 1.165) is 12.8 Å². The Hall–Kier alpha value is -0.402. The maximum Gasteiger partial charge on any atom is 0.123 e. The van der Waals surface area contributed by atoms with Crippen molar-refractivity contribution in [3.63, 3.8) is 0 Å². The van der Waals surface area contributed by atoms with Crippen molar-refractivity contribution in [2.24, 2.45) is 0 Å². The van der Waals surface area contributed by atoms with Gasteiger partial charge in [-0.25, -0.2) is 4.39 Å². The zero-order chi connectivity index (χ0) is 10.7. The Balaban J connectivity index is 0.00000128. The molecular formula is C12H14FO2W-. The third kappa shape index (κ3) is 3.88. The Morgan fingerprint density at radius 1 is 1.31 bits per heavy atom. The van der Waals surface area contributed by atoms with Gasteiger partial charge in [0.15, 0.2) is 0 Å². The van der Waals surface area contributed by atoms with Crippen LogP contribution in [0.5, 0.6) is 5.75 Å². The summed E-state index contributed by atoms with van der Waals surface area (Å²) in [7, 11) is 0. The summed E-state index contributed by atoms with van der Waals surface area (Å²) in [5.74, 6) is 0.421. The molecule has 1 fully saturated rings. The molecule has 2 nitrogen and oxygen atoms in total. The zero-order valence-electron chi connectivity index (χ0n) is 8.90. The first-order valence-electron chi connectivity index (χ1n) is 5.11. The van der Waals surface area contributed by atoms with E-state index in [9.17, 15) is 4.39 Å². The summed E-state index contributed by atoms with van der Waals surface area (Å²) in [5.41, 5.74) is 0. The minimum absolute atomic E-state index is 0. The fourth-order valence-electron chi connectivity index (χ4n) is 1.62. The molecule has 0 saturated carbocycles. The maximum atomic E-state index is 12.6. The molecule has 0 aromatic heterocycles. The fraction of sp³-hybridized carbons (Fsp3) is 0.417. The largest absolute Gasteiger partial charge is 0.491 e. The summed E-state index contributed by atoms with van der Waals surface area (Å²) >= 11 is 0. The van der Waals surface area contributed by atoms with Crippen LogP contribution in [-0.4, -0.2) is 18.8 Å². The summed E-state index contributed by atoms with van der Waals surface area (Å²) in [6.07, 6.45) is 2.18. The molecular weight excluding hydrogens is 379 g/mol. The van der Waals surface area contributed by atoms with Gasteiger partial charge in [0.25, 0.3) is 0 Å². The summed E-state index contributed by atoms with van der Waals surface area (Å²) in [4.78, 5) is 0. The first-order chi connectivity index (χ1) is 7.24. The summed E-state index contributed by atoms with van der Waals surface area (Å²) in [5, 5.41) is 0. The Bertz CT molecular complexity index is 315. The molecule has 88 valence electrons. The molecule has 0 amide bonds. The third-order valence-electron chi connectivity index (χ3n) is 2.45. The predicted molar refractivity (Wildman–Crippen MR) is 55.1 cm³/mol. The minimum atomic E-state index is -0.253. The Kier molecular flexibility index (Phi) is 5.43. The molecule has 0 aliphatic carbocycles. The van der Waals surface area contributed by atoms with Crippen LogP contribution < -0.4 is 4.74 Å². The topological polar surface area (TPSA) is 18.5 Å². The Morgan fingerprint density at radius 3 is 2.56 bits per heavy atom. The van der Waals surface area contributed by atoms with E-state index in [-0.39, 0.29) is 39.1 Å². The van der Waals surface area contributed by atoms with Gasteiger partial charge in [-0.3, -0.25) is 0 Å². The van der Waals surface area contributed by atoms with Gasteiger partial charge >= 0.3 is 0 Å². The normalized spacial score (nSPS) is 23.9. The quantitative estimate of drug-likeness (QED) is 0.736. The van der Waals surface area contributed by atoms with Crippen molar-refractivity contribution in [2.45, 2.75) is 25.0 Å². The monoisotopic (exact) mass is 393 g/mol. The zero-order valence-corrected chi connectivity index (χ0v) is 11.8. The van der Waals surface area contributed by atoms with E-state index in [1.807, 2.05) is 0 Å². The molecule has 1 aromatic rings. The summed E-state index contributed by atoms with van der Waals surface area (Å²) in [6, 6.07) is 6.00. The SMILES string of the molecule is [CH2-][C@H]1CC[C@H](COc2ccc(F)cc2)O1.[W]. The number of ether oxygens (including phenoxy) is 2. The van der Waals surface area contributed by atoms with Crippen LogP contribution in [0, 0.1) is 12.7 Å². The molecule has 2 atom stereocenters. The fourth-order valence-corrected chi connectivity index (χ4v) is 1.62. The number of halogens is 1. The second kappa shape index (κ2) is 6.36. The Labute approximate surface area is 109 Å². The average Bonchev–Trinajstić information content (AvgIpc) is 2.64. The first kappa shape index (κ1) is 13.7. The average molecular weight is 393 g/mol. The molecule has 0 radical (unpaired) electrons. The molecule has 1 aromatic carbocycles.